The van der Waals surface area contributed by atoms with Gasteiger partial charge in [-0.25, -0.2) is 0 Å². The van der Waals surface area contributed by atoms with Crippen LogP contribution in [0.4, 0.5) is 5.69 Å². The quantitative estimate of drug-likeness (QED) is 0.0287. The van der Waals surface area contributed by atoms with Gasteiger partial charge in [-0.1, -0.05) is 11.6 Å². The van der Waals surface area contributed by atoms with Crippen molar-refractivity contribution < 1.29 is 43.9 Å². The van der Waals surface area contributed by atoms with Crippen LogP contribution >= 0.6 is 0 Å². The maximum atomic E-state index is 14.9. The van der Waals surface area contributed by atoms with Crippen molar-refractivity contribution in [3.8, 4) is 11.5 Å². The largest absolute Gasteiger partial charge is 0.504 e. The first-order valence-electron chi connectivity index (χ1n) is 22.6. The number of methoxy groups -OCH3 is 1. The molecule has 0 aromatic heterocycles. The number of benzene rings is 5. The van der Waals surface area contributed by atoms with Gasteiger partial charge in [0.1, 0.15) is 19.2 Å². The van der Waals surface area contributed by atoms with Crippen molar-refractivity contribution in [2.75, 3.05) is 46.5 Å². The van der Waals surface area contributed by atoms with Crippen LogP contribution in [0.1, 0.15) is 105 Å². The van der Waals surface area contributed by atoms with E-state index in [1.54, 1.807) is 14.1 Å². The zero-order chi connectivity index (χ0) is 45.6. The molecule has 1 unspecified atom stereocenters. The standard InChI is InChI=1S/C50H59N3O11/c1-24-16-33-32(15-10-26-6-11-28(12-7-26)49(60)63-22-51-3)46(53-19-27-8-13-29(14-9-27)50(61)64-23-52-4)40-34(57)17-30(20-54)37-38-31(21-55)18-35(58)41-43(38)44(39(33)42(37)40)45(36(24)25(2)56)48(62-5)47(41)59/h16-18,26-29,36,51-55,59H,6-15,19-23H2,1-5H3. The van der Waals surface area contributed by atoms with Gasteiger partial charge in [-0.3, -0.25) is 34.6 Å². The van der Waals surface area contributed by atoms with Crippen molar-refractivity contribution in [2.45, 2.75) is 97.2 Å². The Hall–Kier alpha value is -5.41. The summed E-state index contributed by atoms with van der Waals surface area (Å²) >= 11 is 0. The van der Waals surface area contributed by atoms with E-state index in [0.29, 0.717) is 98.7 Å². The molecule has 64 heavy (non-hydrogen) atoms. The number of aliphatic hydroxyl groups is 2. The fourth-order valence-electron chi connectivity index (χ4n) is 11.4. The molecule has 5 aromatic rings. The van der Waals surface area contributed by atoms with E-state index < -0.39 is 30.3 Å². The van der Waals surface area contributed by atoms with Crippen LogP contribution in [0.25, 0.3) is 49.2 Å². The van der Waals surface area contributed by atoms with Crippen LogP contribution in [0, 0.1) is 23.7 Å². The molecular formula is C50H59N3O11. The van der Waals surface area contributed by atoms with Crippen LogP contribution in [0.5, 0.6) is 11.5 Å². The van der Waals surface area contributed by atoms with E-state index in [1.807, 2.05) is 13.0 Å². The summed E-state index contributed by atoms with van der Waals surface area (Å²) in [6, 6.07) is 2.71. The maximum absolute atomic E-state index is 14.9. The second-order valence-electron chi connectivity index (χ2n) is 18.2. The topological polar surface area (TPSA) is 210 Å². The number of phenolic OH excluding ortho intramolecular Hbond substituents is 1. The first kappa shape index (κ1) is 45.2. The van der Waals surface area contributed by atoms with Gasteiger partial charge >= 0.3 is 11.9 Å². The lowest BCUT2D eigenvalue weighted by molar-refractivity contribution is -0.151. The second-order valence-corrected chi connectivity index (χ2v) is 18.2. The minimum atomic E-state index is -0.907. The molecule has 6 N–H and O–H groups in total. The number of hydrogen-bond acceptors (Lipinski definition) is 14. The number of ether oxygens (including phenoxy) is 3. The Morgan fingerprint density at radius 2 is 1.25 bits per heavy atom. The molecule has 0 radical (unpaired) electrons. The van der Waals surface area contributed by atoms with Crippen molar-refractivity contribution >= 4 is 72.6 Å². The van der Waals surface area contributed by atoms with Gasteiger partial charge in [-0.2, -0.15) is 0 Å². The van der Waals surface area contributed by atoms with Crippen LogP contribution in [-0.2, 0) is 43.5 Å². The number of Topliss-reactive ketones (excluding diaryl/α,β-unsaturated/α-hetero) is 1. The number of aliphatic hydroxyl groups excluding tert-OH is 2. The highest BCUT2D eigenvalue weighted by Crippen LogP contribution is 2.56. The Bertz CT molecular complexity index is 2790. The summed E-state index contributed by atoms with van der Waals surface area (Å²) in [5.41, 5.74) is 3.01. The molecule has 2 saturated carbocycles. The Kier molecular flexibility index (Phi) is 13.1. The fraction of sp³-hybridized carbons (Fsp3) is 0.500. The molecule has 0 spiro atoms. The minimum Gasteiger partial charge on any atom is -0.504 e. The molecule has 0 saturated heterocycles. The smallest absolute Gasteiger partial charge is 0.310 e. The number of hydrogen-bond donors (Lipinski definition) is 6. The van der Waals surface area contributed by atoms with Crippen LogP contribution in [-0.4, -0.2) is 74.3 Å². The predicted molar refractivity (Wildman–Crippen MR) is 246 cm³/mol. The molecule has 5 aromatic carbocycles. The summed E-state index contributed by atoms with van der Waals surface area (Å²) in [4.78, 5) is 68.5. The summed E-state index contributed by atoms with van der Waals surface area (Å²) in [5.74, 6) is -1.89. The maximum Gasteiger partial charge on any atom is 0.310 e. The molecule has 3 aliphatic rings. The monoisotopic (exact) mass is 877 g/mol. The first-order valence-corrected chi connectivity index (χ1v) is 22.6. The molecule has 3 aliphatic carbocycles. The van der Waals surface area contributed by atoms with E-state index >= 15 is 0 Å². The summed E-state index contributed by atoms with van der Waals surface area (Å²) < 4.78 is 16.7. The lowest BCUT2D eigenvalue weighted by atomic mass is 9.77. The van der Waals surface area contributed by atoms with E-state index in [0.717, 1.165) is 43.2 Å². The third kappa shape index (κ3) is 7.71. The highest BCUT2D eigenvalue weighted by atomic mass is 16.5. The van der Waals surface area contributed by atoms with E-state index in [1.165, 1.54) is 26.2 Å². The average molecular weight is 878 g/mol. The SMILES string of the molecule is CNCOC(=O)C1CCC(CCc2c(NCC3CCC(C(=O)OCNC)CC3)c3c(=O)cc(CO)c4c5c(CO)cc(=O)c6c(O)c(OC)c7c(c(c2C=C(C)C7C(C)=O)c34)c65)CC1. The second kappa shape index (κ2) is 18.6. The van der Waals surface area contributed by atoms with Crippen LogP contribution in [0.15, 0.2) is 27.3 Å². The third-order valence-electron chi connectivity index (χ3n) is 14.4. The van der Waals surface area contributed by atoms with Gasteiger partial charge in [0, 0.05) is 28.6 Å². The van der Waals surface area contributed by atoms with Crippen LogP contribution in [0.3, 0.4) is 0 Å². The number of ketones is 1. The highest BCUT2D eigenvalue weighted by Gasteiger charge is 2.38. The predicted octanol–water partition coefficient (Wildman–Crippen LogP) is 6.08. The number of aromatic hydroxyl groups is 1. The molecule has 0 aliphatic heterocycles. The van der Waals surface area contributed by atoms with Gasteiger partial charge < -0.3 is 34.8 Å². The molecule has 2 fully saturated rings. The first-order chi connectivity index (χ1) is 30.9. The van der Waals surface area contributed by atoms with Gasteiger partial charge in [-0.05, 0) is 160 Å². The van der Waals surface area contributed by atoms with E-state index in [-0.39, 0.29) is 77.0 Å². The van der Waals surface area contributed by atoms with Crippen molar-refractivity contribution in [3.05, 3.63) is 66.0 Å². The number of fused-ring (bicyclic) bond motifs is 1. The number of phenols is 1. The van der Waals surface area contributed by atoms with E-state index in [2.05, 4.69) is 16.0 Å². The molecule has 340 valence electrons. The van der Waals surface area contributed by atoms with Crippen molar-refractivity contribution in [2.24, 2.45) is 23.7 Å². The summed E-state index contributed by atoms with van der Waals surface area (Å²) in [6.45, 7) is 3.11. The van der Waals surface area contributed by atoms with Gasteiger partial charge in [0.25, 0.3) is 0 Å². The lowest BCUT2D eigenvalue weighted by Gasteiger charge is -2.30. The molecule has 0 amide bonds. The van der Waals surface area contributed by atoms with Crippen LogP contribution in [0.2, 0.25) is 0 Å². The molecule has 14 nitrogen and oxygen atoms in total. The van der Waals surface area contributed by atoms with Gasteiger partial charge in [0.15, 0.2) is 22.4 Å². The molecular weight excluding hydrogens is 819 g/mol. The number of carbonyl (C=O) groups is 3. The summed E-state index contributed by atoms with van der Waals surface area (Å²) in [7, 11) is 4.84. The van der Waals surface area contributed by atoms with E-state index in [4.69, 9.17) is 14.2 Å². The zero-order valence-electron chi connectivity index (χ0n) is 37.3. The zero-order valence-corrected chi connectivity index (χ0v) is 37.3. The number of esters is 2. The average Bonchev–Trinajstić information content (AvgIpc) is 3.43. The molecule has 0 heterocycles. The number of nitrogens with one attached hydrogen (secondary N) is 3. The normalized spacial score (nSPS) is 21.1. The molecule has 14 heteroatoms. The molecule has 0 bridgehead atoms. The van der Waals surface area contributed by atoms with Gasteiger partial charge in [0.05, 0.1) is 48.8 Å². The van der Waals surface area contributed by atoms with Crippen molar-refractivity contribution in [1.29, 1.82) is 0 Å². The minimum absolute atomic E-state index is 0.0143. The van der Waals surface area contributed by atoms with E-state index in [9.17, 15) is 39.3 Å². The number of allylic oxidation sites excluding steroid dienone is 1. The summed E-state index contributed by atoms with van der Waals surface area (Å²) in [5, 5.41) is 46.6. The number of rotatable bonds is 16. The Morgan fingerprint density at radius 3 is 1.77 bits per heavy atom. The Labute approximate surface area is 371 Å². The Morgan fingerprint density at radius 1 is 0.719 bits per heavy atom. The summed E-state index contributed by atoms with van der Waals surface area (Å²) in [6.07, 6.45) is 9.19. The lowest BCUT2D eigenvalue weighted by Crippen LogP contribution is -2.29. The van der Waals surface area contributed by atoms with Crippen molar-refractivity contribution in [3.63, 3.8) is 0 Å². The Balaban J connectivity index is 1.38. The molecule has 1 atom stereocenters. The van der Waals surface area contributed by atoms with Gasteiger partial charge in [-0.15, -0.1) is 0 Å². The molecule has 8 rings (SSSR count). The van der Waals surface area contributed by atoms with Crippen LogP contribution < -0.4 is 31.5 Å². The number of carbonyl (C=O) groups excluding carboxylic acids is 3. The van der Waals surface area contributed by atoms with Crippen molar-refractivity contribution in [1.82, 2.24) is 10.6 Å². The highest BCUT2D eigenvalue weighted by molar-refractivity contribution is 6.39. The fourth-order valence-corrected chi connectivity index (χ4v) is 11.4. The van der Waals surface area contributed by atoms with Gasteiger partial charge in [0.2, 0.25) is 0 Å². The third-order valence-corrected chi connectivity index (χ3v) is 14.4. The number of anilines is 1.